The second-order valence-corrected chi connectivity index (χ2v) is 5.40. The van der Waals surface area contributed by atoms with E-state index in [2.05, 4.69) is 14.7 Å². The lowest BCUT2D eigenvalue weighted by Gasteiger charge is -2.01. The predicted octanol–water partition coefficient (Wildman–Crippen LogP) is 3.27. The first-order chi connectivity index (χ1) is 10.7. The highest BCUT2D eigenvalue weighted by Crippen LogP contribution is 2.22. The number of amides is 1. The van der Waals surface area contributed by atoms with Crippen LogP contribution in [0.3, 0.4) is 0 Å². The molecule has 110 valence electrons. The minimum absolute atomic E-state index is 0.217. The number of nitrogens with one attached hydrogen (secondary N) is 1. The van der Waals surface area contributed by atoms with E-state index in [1.807, 2.05) is 18.2 Å². The smallest absolute Gasteiger partial charge is 0.263 e. The Morgan fingerprint density at radius 3 is 2.86 bits per heavy atom. The predicted molar refractivity (Wildman–Crippen MR) is 82.9 cm³/mol. The fourth-order valence-electron chi connectivity index (χ4n) is 1.93. The van der Waals surface area contributed by atoms with Gasteiger partial charge in [0.05, 0.1) is 17.9 Å². The number of hydrogen-bond donors (Lipinski definition) is 1. The van der Waals surface area contributed by atoms with Crippen molar-refractivity contribution < 1.29 is 9.18 Å². The molecule has 1 aromatic carbocycles. The average Bonchev–Trinajstić information content (AvgIpc) is 3.04. The van der Waals surface area contributed by atoms with Crippen LogP contribution in [0.25, 0.3) is 11.3 Å². The van der Waals surface area contributed by atoms with Gasteiger partial charge in [-0.15, -0.1) is 0 Å². The minimum Gasteiger partial charge on any atom is -0.346 e. The van der Waals surface area contributed by atoms with Gasteiger partial charge in [-0.1, -0.05) is 18.2 Å². The second-order valence-electron chi connectivity index (χ2n) is 4.59. The van der Waals surface area contributed by atoms with E-state index in [0.717, 1.165) is 17.2 Å². The topological polar surface area (TPSA) is 54.9 Å². The van der Waals surface area contributed by atoms with Crippen LogP contribution in [0.1, 0.15) is 15.4 Å². The van der Waals surface area contributed by atoms with Crippen LogP contribution in [0.2, 0.25) is 0 Å². The van der Waals surface area contributed by atoms with Gasteiger partial charge in [0.15, 0.2) is 0 Å². The number of carbonyl (C=O) groups is 1. The number of hydrogen-bond acceptors (Lipinski definition) is 4. The highest BCUT2D eigenvalue weighted by atomic mass is 32.1. The van der Waals surface area contributed by atoms with Crippen molar-refractivity contribution in [2.75, 3.05) is 0 Å². The summed E-state index contributed by atoms with van der Waals surface area (Å²) in [5.74, 6) is -0.544. The molecule has 0 saturated heterocycles. The zero-order chi connectivity index (χ0) is 15.4. The standard InChI is InChI=1S/C16H12FN3OS/c17-12-5-3-4-11(8-12)14-9-15(22-20-14)16(21)19-10-13-6-1-2-7-18-13/h1-9H,10H2,(H,19,21). The monoisotopic (exact) mass is 313 g/mol. The van der Waals surface area contributed by atoms with Crippen molar-refractivity contribution in [3.05, 3.63) is 71.1 Å². The number of benzene rings is 1. The molecule has 0 unspecified atom stereocenters. The van der Waals surface area contributed by atoms with Crippen molar-refractivity contribution in [3.8, 4) is 11.3 Å². The fourth-order valence-corrected chi connectivity index (χ4v) is 2.60. The van der Waals surface area contributed by atoms with Crippen LogP contribution in [0.4, 0.5) is 4.39 Å². The number of pyridine rings is 1. The third-order valence-electron chi connectivity index (χ3n) is 3.01. The van der Waals surface area contributed by atoms with Crippen LogP contribution >= 0.6 is 11.5 Å². The maximum Gasteiger partial charge on any atom is 0.263 e. The van der Waals surface area contributed by atoms with E-state index in [1.54, 1.807) is 24.4 Å². The summed E-state index contributed by atoms with van der Waals surface area (Å²) in [6, 6.07) is 13.3. The minimum atomic E-state index is -0.327. The molecule has 0 radical (unpaired) electrons. The number of carbonyl (C=O) groups excluding carboxylic acids is 1. The van der Waals surface area contributed by atoms with Gasteiger partial charge >= 0.3 is 0 Å². The van der Waals surface area contributed by atoms with Crippen molar-refractivity contribution in [3.63, 3.8) is 0 Å². The molecular formula is C16H12FN3OS. The zero-order valence-corrected chi connectivity index (χ0v) is 12.3. The largest absolute Gasteiger partial charge is 0.346 e. The first kappa shape index (κ1) is 14.3. The third-order valence-corrected chi connectivity index (χ3v) is 3.80. The molecule has 4 nitrogen and oxygen atoms in total. The van der Waals surface area contributed by atoms with Crippen molar-refractivity contribution in [1.82, 2.24) is 14.7 Å². The molecule has 2 aromatic heterocycles. The Morgan fingerprint density at radius 1 is 1.18 bits per heavy atom. The summed E-state index contributed by atoms with van der Waals surface area (Å²) in [5, 5.41) is 2.79. The third kappa shape index (κ3) is 3.35. The molecule has 1 N–H and O–H groups in total. The number of nitrogens with zero attached hydrogens (tertiary/aromatic N) is 2. The van der Waals surface area contributed by atoms with Gasteiger partial charge in [-0.05, 0) is 41.9 Å². The molecular weight excluding hydrogens is 301 g/mol. The molecule has 0 aliphatic carbocycles. The molecule has 3 aromatic rings. The average molecular weight is 313 g/mol. The number of aromatic nitrogens is 2. The van der Waals surface area contributed by atoms with E-state index in [-0.39, 0.29) is 11.7 Å². The normalized spacial score (nSPS) is 10.4. The summed E-state index contributed by atoms with van der Waals surface area (Å²) < 4.78 is 17.4. The molecule has 0 bridgehead atoms. The molecule has 0 atom stereocenters. The van der Waals surface area contributed by atoms with Crippen LogP contribution in [0.5, 0.6) is 0 Å². The second kappa shape index (κ2) is 6.44. The molecule has 0 spiro atoms. The van der Waals surface area contributed by atoms with Gasteiger partial charge < -0.3 is 5.32 Å². The molecule has 0 fully saturated rings. The highest BCUT2D eigenvalue weighted by Gasteiger charge is 2.12. The van der Waals surface area contributed by atoms with Crippen LogP contribution in [-0.4, -0.2) is 15.3 Å². The Bertz CT molecular complexity index is 789. The maximum absolute atomic E-state index is 13.2. The van der Waals surface area contributed by atoms with Gasteiger partial charge in [0.2, 0.25) is 0 Å². The van der Waals surface area contributed by atoms with Crippen molar-refractivity contribution in [2.24, 2.45) is 0 Å². The maximum atomic E-state index is 13.2. The lowest BCUT2D eigenvalue weighted by Crippen LogP contribution is -2.22. The van der Waals surface area contributed by atoms with E-state index < -0.39 is 0 Å². The number of rotatable bonds is 4. The first-order valence-corrected chi connectivity index (χ1v) is 7.40. The Morgan fingerprint density at radius 2 is 2.09 bits per heavy atom. The molecule has 0 aliphatic rings. The zero-order valence-electron chi connectivity index (χ0n) is 11.5. The van der Waals surface area contributed by atoms with Gasteiger partial charge in [-0.25, -0.2) is 4.39 Å². The van der Waals surface area contributed by atoms with E-state index >= 15 is 0 Å². The molecule has 0 saturated carbocycles. The van der Waals surface area contributed by atoms with E-state index in [0.29, 0.717) is 22.7 Å². The molecule has 6 heteroatoms. The molecule has 3 rings (SSSR count). The fraction of sp³-hybridized carbons (Fsp3) is 0.0625. The SMILES string of the molecule is O=C(NCc1ccccn1)c1cc(-c2cccc(F)c2)ns1. The van der Waals surface area contributed by atoms with Crippen LogP contribution in [0.15, 0.2) is 54.7 Å². The van der Waals surface area contributed by atoms with Gasteiger partial charge in [-0.2, -0.15) is 4.37 Å². The van der Waals surface area contributed by atoms with Crippen molar-refractivity contribution in [2.45, 2.75) is 6.54 Å². The Hall–Kier alpha value is -2.60. The summed E-state index contributed by atoms with van der Waals surface area (Å²) in [7, 11) is 0. The van der Waals surface area contributed by atoms with E-state index in [1.165, 1.54) is 12.1 Å². The summed E-state index contributed by atoms with van der Waals surface area (Å²) >= 11 is 1.09. The Labute approximate surface area is 130 Å². The lowest BCUT2D eigenvalue weighted by molar-refractivity contribution is 0.0954. The summed E-state index contributed by atoms with van der Waals surface area (Å²) in [5.41, 5.74) is 2.03. The molecule has 0 aliphatic heterocycles. The highest BCUT2D eigenvalue weighted by molar-refractivity contribution is 7.08. The van der Waals surface area contributed by atoms with Crippen molar-refractivity contribution >= 4 is 17.4 Å². The van der Waals surface area contributed by atoms with E-state index in [9.17, 15) is 9.18 Å². The quantitative estimate of drug-likeness (QED) is 0.804. The van der Waals surface area contributed by atoms with Gasteiger partial charge in [0.1, 0.15) is 10.7 Å². The van der Waals surface area contributed by atoms with Gasteiger partial charge in [-0.3, -0.25) is 9.78 Å². The Kier molecular flexibility index (Phi) is 4.20. The van der Waals surface area contributed by atoms with E-state index in [4.69, 9.17) is 0 Å². The van der Waals surface area contributed by atoms with Gasteiger partial charge in [0.25, 0.3) is 5.91 Å². The molecule has 1 amide bonds. The summed E-state index contributed by atoms with van der Waals surface area (Å²) in [4.78, 5) is 16.7. The summed E-state index contributed by atoms with van der Waals surface area (Å²) in [6.07, 6.45) is 1.68. The Balaban J connectivity index is 1.69. The number of halogens is 1. The lowest BCUT2D eigenvalue weighted by atomic mass is 10.1. The van der Waals surface area contributed by atoms with Crippen LogP contribution in [-0.2, 0) is 6.54 Å². The summed E-state index contributed by atoms with van der Waals surface area (Å²) in [6.45, 7) is 0.354. The molecule has 22 heavy (non-hydrogen) atoms. The van der Waals surface area contributed by atoms with Gasteiger partial charge in [0, 0.05) is 11.8 Å². The van der Waals surface area contributed by atoms with Crippen LogP contribution in [0, 0.1) is 5.82 Å². The first-order valence-electron chi connectivity index (χ1n) is 6.63. The van der Waals surface area contributed by atoms with Crippen molar-refractivity contribution in [1.29, 1.82) is 0 Å². The van der Waals surface area contributed by atoms with Crippen LogP contribution < -0.4 is 5.32 Å². The molecule has 2 heterocycles.